The topological polar surface area (TPSA) is 34.5 Å². The third-order valence-electron chi connectivity index (χ3n) is 5.78. The fraction of sp³-hybridized carbons (Fsp3) is 0.435. The van der Waals surface area contributed by atoms with E-state index in [0.717, 1.165) is 36.6 Å². The summed E-state index contributed by atoms with van der Waals surface area (Å²) < 4.78 is 8.51. The minimum atomic E-state index is 0.123. The Morgan fingerprint density at radius 2 is 1.89 bits per heavy atom. The van der Waals surface area contributed by atoms with E-state index in [4.69, 9.17) is 4.74 Å². The number of methoxy groups -OCH3 is 1. The van der Waals surface area contributed by atoms with E-state index in [1.807, 2.05) is 12.1 Å². The molecule has 0 bridgehead atoms. The molecule has 4 rings (SSSR count). The Morgan fingerprint density at radius 3 is 2.64 bits per heavy atom. The van der Waals surface area contributed by atoms with Crippen molar-refractivity contribution in [2.24, 2.45) is 5.92 Å². The van der Waals surface area contributed by atoms with E-state index < -0.39 is 0 Å². The number of aryl methyl sites for hydroxylation is 1. The van der Waals surface area contributed by atoms with Gasteiger partial charge in [0.15, 0.2) is 0 Å². The van der Waals surface area contributed by atoms with Gasteiger partial charge in [0.25, 0.3) is 0 Å². The molecule has 0 aliphatic carbocycles. The number of fused-ring (bicyclic) bond motifs is 1. The summed E-state index contributed by atoms with van der Waals surface area (Å²) >= 11 is 0.123. The molecular formula is C23H28N2O2Se. The van der Waals surface area contributed by atoms with Crippen molar-refractivity contribution in [3.8, 4) is 5.75 Å². The SMILES string of the molecule is COc1ccc2[se]n(CCCC3CCN(Cc4ccccc4)CC3)c(=O)c2c1. The molecule has 3 aromatic rings. The van der Waals surface area contributed by atoms with Gasteiger partial charge in [0, 0.05) is 0 Å². The molecule has 1 fully saturated rings. The third kappa shape index (κ3) is 4.60. The van der Waals surface area contributed by atoms with Crippen LogP contribution in [0.15, 0.2) is 53.3 Å². The summed E-state index contributed by atoms with van der Waals surface area (Å²) in [6.45, 7) is 4.34. The molecule has 0 unspecified atom stereocenters. The van der Waals surface area contributed by atoms with E-state index in [2.05, 4.69) is 44.9 Å². The molecule has 2 heterocycles. The first-order valence-electron chi connectivity index (χ1n) is 10.2. The van der Waals surface area contributed by atoms with Gasteiger partial charge in [-0.3, -0.25) is 0 Å². The summed E-state index contributed by atoms with van der Waals surface area (Å²) in [5, 5.41) is 0.841. The van der Waals surface area contributed by atoms with Crippen LogP contribution in [0.1, 0.15) is 31.2 Å². The number of hydrogen-bond acceptors (Lipinski definition) is 3. The number of ether oxygens (including phenoxy) is 1. The molecule has 4 nitrogen and oxygen atoms in total. The second kappa shape index (κ2) is 9.13. The van der Waals surface area contributed by atoms with Crippen LogP contribution in [0.25, 0.3) is 9.65 Å². The van der Waals surface area contributed by atoms with Gasteiger partial charge in [-0.05, 0) is 0 Å². The van der Waals surface area contributed by atoms with Crippen molar-refractivity contribution >= 4 is 24.4 Å². The second-order valence-electron chi connectivity index (χ2n) is 7.71. The first-order valence-corrected chi connectivity index (χ1v) is 11.8. The molecule has 1 aliphatic rings. The van der Waals surface area contributed by atoms with Gasteiger partial charge in [-0.25, -0.2) is 0 Å². The maximum atomic E-state index is 12.6. The molecule has 1 aromatic heterocycles. The summed E-state index contributed by atoms with van der Waals surface area (Å²) in [4.78, 5) is 15.2. The predicted molar refractivity (Wildman–Crippen MR) is 115 cm³/mol. The van der Waals surface area contributed by atoms with Gasteiger partial charge in [-0.2, -0.15) is 0 Å². The van der Waals surface area contributed by atoms with E-state index in [9.17, 15) is 4.79 Å². The van der Waals surface area contributed by atoms with Crippen LogP contribution in [0.2, 0.25) is 0 Å². The van der Waals surface area contributed by atoms with Gasteiger partial charge in [-0.1, -0.05) is 6.07 Å². The fourth-order valence-electron chi connectivity index (χ4n) is 4.12. The Morgan fingerprint density at radius 1 is 1.11 bits per heavy atom. The zero-order chi connectivity index (χ0) is 19.3. The minimum absolute atomic E-state index is 0.123. The molecule has 5 heteroatoms. The quantitative estimate of drug-likeness (QED) is 0.522. The van der Waals surface area contributed by atoms with Crippen molar-refractivity contribution in [2.45, 2.75) is 38.8 Å². The molecule has 0 atom stereocenters. The first kappa shape index (κ1) is 19.5. The number of likely N-dealkylation sites (tertiary alicyclic amines) is 1. The Bertz CT molecular complexity index is 956. The summed E-state index contributed by atoms with van der Waals surface area (Å²) in [5.74, 6) is 1.58. The van der Waals surface area contributed by atoms with E-state index in [0.29, 0.717) is 0 Å². The molecule has 0 radical (unpaired) electrons. The number of rotatable bonds is 7. The van der Waals surface area contributed by atoms with E-state index in [1.54, 1.807) is 7.11 Å². The van der Waals surface area contributed by atoms with Crippen LogP contribution in [0.4, 0.5) is 0 Å². The number of aromatic nitrogens is 1. The standard InChI is InChI=1S/C23H28N2O2Se/c1-27-20-9-10-22-21(16-20)23(26)25(28-22)13-5-8-18-11-14-24(15-12-18)17-19-6-3-2-4-7-19/h2-4,6-7,9-10,16,18H,5,8,11-15,17H2,1H3. The summed E-state index contributed by atoms with van der Waals surface area (Å²) in [6, 6.07) is 16.7. The molecule has 0 spiro atoms. The number of piperidine rings is 1. The molecule has 0 saturated carbocycles. The number of hydrogen-bond donors (Lipinski definition) is 0. The summed E-state index contributed by atoms with van der Waals surface area (Å²) in [5.41, 5.74) is 1.60. The molecule has 28 heavy (non-hydrogen) atoms. The van der Waals surface area contributed by atoms with Gasteiger partial charge in [0.05, 0.1) is 0 Å². The Hall–Kier alpha value is -1.81. The van der Waals surface area contributed by atoms with Gasteiger partial charge in [-0.15, -0.1) is 0 Å². The van der Waals surface area contributed by atoms with Crippen molar-refractivity contribution in [3.63, 3.8) is 0 Å². The maximum absolute atomic E-state index is 12.6. The van der Waals surface area contributed by atoms with Crippen molar-refractivity contribution < 1.29 is 4.74 Å². The number of benzene rings is 2. The molecule has 0 N–H and O–H groups in total. The predicted octanol–water partition coefficient (Wildman–Crippen LogP) is 3.76. The van der Waals surface area contributed by atoms with E-state index in [-0.39, 0.29) is 20.3 Å². The van der Waals surface area contributed by atoms with Gasteiger partial charge < -0.3 is 0 Å². The van der Waals surface area contributed by atoms with Crippen molar-refractivity contribution in [1.29, 1.82) is 0 Å². The van der Waals surface area contributed by atoms with Crippen LogP contribution in [0.3, 0.4) is 0 Å². The molecule has 2 aromatic carbocycles. The van der Waals surface area contributed by atoms with Gasteiger partial charge in [0.1, 0.15) is 0 Å². The normalized spacial score (nSPS) is 15.9. The van der Waals surface area contributed by atoms with Crippen molar-refractivity contribution in [1.82, 2.24) is 8.46 Å². The Labute approximate surface area is 172 Å². The zero-order valence-electron chi connectivity index (χ0n) is 16.5. The number of nitrogens with zero attached hydrogens (tertiary/aromatic N) is 2. The summed E-state index contributed by atoms with van der Waals surface area (Å²) in [6.07, 6.45) is 4.91. The Balaban J connectivity index is 1.25. The van der Waals surface area contributed by atoms with E-state index >= 15 is 0 Å². The van der Waals surface area contributed by atoms with Crippen LogP contribution in [0, 0.1) is 5.92 Å². The average Bonchev–Trinajstić information content (AvgIpc) is 3.05. The fourth-order valence-corrected chi connectivity index (χ4v) is 6.25. The molecule has 0 amide bonds. The van der Waals surface area contributed by atoms with Crippen LogP contribution in [-0.4, -0.2) is 43.4 Å². The monoisotopic (exact) mass is 444 g/mol. The van der Waals surface area contributed by atoms with Crippen LogP contribution >= 0.6 is 0 Å². The molecule has 1 aliphatic heterocycles. The van der Waals surface area contributed by atoms with Crippen LogP contribution in [0.5, 0.6) is 5.75 Å². The third-order valence-corrected chi connectivity index (χ3v) is 8.13. The summed E-state index contributed by atoms with van der Waals surface area (Å²) in [7, 11) is 1.65. The average molecular weight is 443 g/mol. The molecule has 1 saturated heterocycles. The zero-order valence-corrected chi connectivity index (χ0v) is 18.2. The molecule has 148 valence electrons. The van der Waals surface area contributed by atoms with E-state index in [1.165, 1.54) is 42.2 Å². The van der Waals surface area contributed by atoms with Crippen LogP contribution in [-0.2, 0) is 13.1 Å². The molecular weight excluding hydrogens is 415 g/mol. The van der Waals surface area contributed by atoms with Gasteiger partial charge in [0.2, 0.25) is 0 Å². The Kier molecular flexibility index (Phi) is 6.36. The van der Waals surface area contributed by atoms with Crippen LogP contribution < -0.4 is 10.3 Å². The second-order valence-corrected chi connectivity index (χ2v) is 9.94. The van der Waals surface area contributed by atoms with Gasteiger partial charge >= 0.3 is 167 Å². The first-order chi connectivity index (χ1) is 13.7. The van der Waals surface area contributed by atoms with Crippen molar-refractivity contribution in [2.75, 3.05) is 20.2 Å². The van der Waals surface area contributed by atoms with Crippen molar-refractivity contribution in [3.05, 3.63) is 64.4 Å².